The lowest BCUT2D eigenvalue weighted by Gasteiger charge is -2.15. The third-order valence-electron chi connectivity index (χ3n) is 6.63. The van der Waals surface area contributed by atoms with Crippen molar-refractivity contribution in [3.05, 3.63) is 83.7 Å². The van der Waals surface area contributed by atoms with E-state index in [1.165, 1.54) is 56.2 Å². The summed E-state index contributed by atoms with van der Waals surface area (Å²) in [6.07, 6.45) is 11.6. The molecule has 0 aromatic heterocycles. The molecule has 3 aromatic carbocycles. The third-order valence-corrected chi connectivity index (χ3v) is 6.63. The summed E-state index contributed by atoms with van der Waals surface area (Å²) in [6.45, 7) is 6.35. The lowest BCUT2D eigenvalue weighted by molar-refractivity contribution is 0.0734. The van der Waals surface area contributed by atoms with Crippen LogP contribution in [0.15, 0.2) is 66.7 Å². The Balaban J connectivity index is 1.52. The molecule has 1 unspecified atom stereocenters. The molecule has 0 heterocycles. The molecule has 198 valence electrons. The van der Waals surface area contributed by atoms with Gasteiger partial charge in [-0.3, -0.25) is 0 Å². The highest BCUT2D eigenvalue weighted by Gasteiger charge is 2.15. The Morgan fingerprint density at radius 2 is 1.41 bits per heavy atom. The van der Waals surface area contributed by atoms with Crippen LogP contribution in [0.4, 0.5) is 4.39 Å². The van der Waals surface area contributed by atoms with Gasteiger partial charge in [0.05, 0.1) is 11.7 Å². The lowest BCUT2D eigenvalue weighted by Crippen LogP contribution is -2.13. The zero-order valence-corrected chi connectivity index (χ0v) is 22.6. The van der Waals surface area contributed by atoms with Crippen molar-refractivity contribution in [1.29, 1.82) is 0 Å². The van der Waals surface area contributed by atoms with Crippen LogP contribution in [-0.2, 0) is 6.42 Å². The maximum atomic E-state index is 14.6. The summed E-state index contributed by atoms with van der Waals surface area (Å²) in [5.74, 6) is -0.573. The predicted molar refractivity (Wildman–Crippen MR) is 150 cm³/mol. The van der Waals surface area contributed by atoms with Crippen molar-refractivity contribution in [2.45, 2.75) is 91.1 Å². The second-order valence-corrected chi connectivity index (χ2v) is 9.84. The second-order valence-electron chi connectivity index (χ2n) is 9.84. The number of rotatable bonds is 15. The highest BCUT2D eigenvalue weighted by Crippen LogP contribution is 2.25. The number of carbonyl (C=O) groups excluding carboxylic acids is 1. The van der Waals surface area contributed by atoms with E-state index >= 15 is 0 Å². The number of aryl methyl sites for hydroxylation is 1. The number of hydrogen-bond donors (Lipinski definition) is 0. The molecule has 0 spiro atoms. The molecule has 3 nitrogen and oxygen atoms in total. The minimum Gasteiger partial charge on any atom is -0.488 e. The van der Waals surface area contributed by atoms with Gasteiger partial charge in [-0.1, -0.05) is 88.8 Å². The summed E-state index contributed by atoms with van der Waals surface area (Å²) in [6, 6.07) is 20.3. The van der Waals surface area contributed by atoms with Crippen molar-refractivity contribution in [2.24, 2.45) is 0 Å². The van der Waals surface area contributed by atoms with Gasteiger partial charge < -0.3 is 9.47 Å². The Morgan fingerprint density at radius 1 is 0.784 bits per heavy atom. The molecule has 1 atom stereocenters. The molecule has 0 amide bonds. The van der Waals surface area contributed by atoms with Crippen LogP contribution >= 0.6 is 0 Å². The molecular weight excluding hydrogens is 463 g/mol. The minimum atomic E-state index is -0.599. The highest BCUT2D eigenvalue weighted by molar-refractivity contribution is 5.91. The molecular formula is C33H41FO3. The normalized spacial score (nSPS) is 11.8. The van der Waals surface area contributed by atoms with Crippen molar-refractivity contribution >= 4 is 5.97 Å². The zero-order chi connectivity index (χ0) is 26.5. The van der Waals surface area contributed by atoms with Crippen molar-refractivity contribution in [2.75, 3.05) is 0 Å². The molecule has 0 fully saturated rings. The van der Waals surface area contributed by atoms with E-state index in [-0.39, 0.29) is 17.4 Å². The molecule has 0 aliphatic rings. The number of esters is 1. The summed E-state index contributed by atoms with van der Waals surface area (Å²) in [4.78, 5) is 12.6. The predicted octanol–water partition coefficient (Wildman–Crippen LogP) is 9.57. The number of carbonyl (C=O) groups is 1. The van der Waals surface area contributed by atoms with Crippen molar-refractivity contribution in [3.63, 3.8) is 0 Å². The van der Waals surface area contributed by atoms with E-state index in [9.17, 15) is 9.18 Å². The van der Waals surface area contributed by atoms with Gasteiger partial charge >= 0.3 is 5.97 Å². The molecule has 0 bridgehead atoms. The van der Waals surface area contributed by atoms with Crippen LogP contribution in [0, 0.1) is 5.82 Å². The van der Waals surface area contributed by atoms with Crippen LogP contribution in [0.3, 0.4) is 0 Å². The van der Waals surface area contributed by atoms with Crippen LogP contribution < -0.4 is 9.47 Å². The fourth-order valence-corrected chi connectivity index (χ4v) is 4.36. The van der Waals surface area contributed by atoms with Gasteiger partial charge in [0.1, 0.15) is 5.75 Å². The number of ether oxygens (including phenoxy) is 2. The first-order valence-electron chi connectivity index (χ1n) is 13.9. The van der Waals surface area contributed by atoms with Crippen LogP contribution in [0.5, 0.6) is 11.5 Å². The number of hydrogen-bond acceptors (Lipinski definition) is 3. The van der Waals surface area contributed by atoms with E-state index in [1.54, 1.807) is 18.2 Å². The fraction of sp³-hybridized carbons (Fsp3) is 0.424. The van der Waals surface area contributed by atoms with Crippen LogP contribution in [-0.4, -0.2) is 12.1 Å². The van der Waals surface area contributed by atoms with Crippen molar-refractivity contribution in [3.8, 4) is 22.6 Å². The van der Waals surface area contributed by atoms with Gasteiger partial charge in [0.25, 0.3) is 0 Å². The number of benzene rings is 3. The van der Waals surface area contributed by atoms with Crippen LogP contribution in [0.25, 0.3) is 11.1 Å². The summed E-state index contributed by atoms with van der Waals surface area (Å²) in [5, 5.41) is 0. The van der Waals surface area contributed by atoms with E-state index in [1.807, 2.05) is 19.1 Å². The molecule has 37 heavy (non-hydrogen) atoms. The first-order valence-corrected chi connectivity index (χ1v) is 13.9. The molecule has 4 heteroatoms. The van der Waals surface area contributed by atoms with Gasteiger partial charge in [-0.15, -0.1) is 0 Å². The monoisotopic (exact) mass is 504 g/mol. The molecule has 0 saturated heterocycles. The summed E-state index contributed by atoms with van der Waals surface area (Å²) in [7, 11) is 0. The Labute approximate surface area is 222 Å². The van der Waals surface area contributed by atoms with E-state index in [0.29, 0.717) is 5.75 Å². The first-order chi connectivity index (χ1) is 18.0. The van der Waals surface area contributed by atoms with Crippen LogP contribution in [0.1, 0.15) is 94.5 Å². The maximum Gasteiger partial charge on any atom is 0.343 e. The highest BCUT2D eigenvalue weighted by atomic mass is 19.1. The molecule has 3 aromatic rings. The quantitative estimate of drug-likeness (QED) is 0.117. The Bertz CT molecular complexity index is 1090. The first kappa shape index (κ1) is 28.4. The topological polar surface area (TPSA) is 35.5 Å². The Hall–Kier alpha value is -3.14. The molecule has 0 aliphatic carbocycles. The Kier molecular flexibility index (Phi) is 11.7. The van der Waals surface area contributed by atoms with Gasteiger partial charge in [-0.2, -0.15) is 0 Å². The Morgan fingerprint density at radius 3 is 2.03 bits per heavy atom. The second kappa shape index (κ2) is 15.2. The summed E-state index contributed by atoms with van der Waals surface area (Å²) >= 11 is 0. The van der Waals surface area contributed by atoms with Gasteiger partial charge in [0, 0.05) is 0 Å². The largest absolute Gasteiger partial charge is 0.488 e. The molecule has 0 N–H and O–H groups in total. The number of unbranched alkanes of at least 4 members (excludes halogenated alkanes) is 6. The van der Waals surface area contributed by atoms with E-state index in [2.05, 4.69) is 38.1 Å². The average Bonchev–Trinajstić information content (AvgIpc) is 2.91. The number of halogens is 1. The standard InChI is InChI=1S/C33H41FO3/c1-4-6-8-10-12-25(3)36-32-23-20-29(24-31(32)34)33(35)37-30-21-18-28(19-22-30)27-16-14-26(15-17-27)13-11-9-7-5-2/h14-25H,4-13H2,1-3H3. The third kappa shape index (κ3) is 9.35. The minimum absolute atomic E-state index is 0.0790. The molecule has 3 rings (SSSR count). The van der Waals surface area contributed by atoms with E-state index < -0.39 is 11.8 Å². The summed E-state index contributed by atoms with van der Waals surface area (Å²) < 4.78 is 25.8. The van der Waals surface area contributed by atoms with Gasteiger partial charge in [-0.05, 0) is 79.6 Å². The van der Waals surface area contributed by atoms with Crippen LogP contribution in [0.2, 0.25) is 0 Å². The fourth-order valence-electron chi connectivity index (χ4n) is 4.36. The maximum absolute atomic E-state index is 14.6. The smallest absolute Gasteiger partial charge is 0.343 e. The van der Waals surface area contributed by atoms with Crippen molar-refractivity contribution < 1.29 is 18.7 Å². The SMILES string of the molecule is CCCCCCc1ccc(-c2ccc(OC(=O)c3ccc(OC(C)CCCCCC)c(F)c3)cc2)cc1. The van der Waals surface area contributed by atoms with Gasteiger partial charge in [0.15, 0.2) is 11.6 Å². The van der Waals surface area contributed by atoms with E-state index in [0.717, 1.165) is 36.8 Å². The zero-order valence-electron chi connectivity index (χ0n) is 22.6. The molecule has 0 saturated carbocycles. The van der Waals surface area contributed by atoms with Gasteiger partial charge in [-0.25, -0.2) is 9.18 Å². The van der Waals surface area contributed by atoms with Crippen molar-refractivity contribution in [1.82, 2.24) is 0 Å². The van der Waals surface area contributed by atoms with E-state index in [4.69, 9.17) is 9.47 Å². The molecule has 0 aliphatic heterocycles. The van der Waals surface area contributed by atoms with Gasteiger partial charge in [0.2, 0.25) is 0 Å². The molecule has 0 radical (unpaired) electrons. The lowest BCUT2D eigenvalue weighted by atomic mass is 10.0. The average molecular weight is 505 g/mol. The summed E-state index contributed by atoms with van der Waals surface area (Å²) in [5.41, 5.74) is 3.68.